The van der Waals surface area contributed by atoms with Crippen LogP contribution in [0.15, 0.2) is 42.6 Å². The zero-order chi connectivity index (χ0) is 18.1. The number of ether oxygens (including phenoxy) is 1. The third-order valence-electron chi connectivity index (χ3n) is 4.99. The average molecular weight is 351 g/mol. The fourth-order valence-corrected chi connectivity index (χ4v) is 3.55. The van der Waals surface area contributed by atoms with Crippen LogP contribution in [0.5, 0.6) is 5.75 Å². The molecule has 4 rings (SSSR count). The van der Waals surface area contributed by atoms with E-state index in [0.717, 1.165) is 53.8 Å². The molecule has 0 aliphatic carbocycles. The predicted octanol–water partition coefficient (Wildman–Crippen LogP) is 4.49. The molecule has 0 bridgehead atoms. The van der Waals surface area contributed by atoms with E-state index in [2.05, 4.69) is 34.1 Å². The number of hydrogen-bond acceptors (Lipinski definition) is 3. The van der Waals surface area contributed by atoms with E-state index in [0.29, 0.717) is 5.75 Å². The minimum absolute atomic E-state index is 0.281. The number of pyridine rings is 1. The maximum absolute atomic E-state index is 13.9. The molecule has 0 amide bonds. The number of benzene rings is 1. The molecule has 3 aromatic rings. The summed E-state index contributed by atoms with van der Waals surface area (Å²) < 4.78 is 19.3. The van der Waals surface area contributed by atoms with Gasteiger partial charge in [0.1, 0.15) is 17.2 Å². The Kier molecular flexibility index (Phi) is 4.47. The molecule has 0 saturated heterocycles. The summed E-state index contributed by atoms with van der Waals surface area (Å²) in [5.74, 6) is 0.369. The average Bonchev–Trinajstić information content (AvgIpc) is 2.96. The largest absolute Gasteiger partial charge is 0.496 e. The molecule has 5 heteroatoms. The lowest BCUT2D eigenvalue weighted by atomic mass is 10.0. The van der Waals surface area contributed by atoms with Gasteiger partial charge in [-0.1, -0.05) is 6.08 Å². The van der Waals surface area contributed by atoms with Crippen molar-refractivity contribution in [3.05, 3.63) is 54.1 Å². The maximum Gasteiger partial charge on any atom is 0.138 e. The van der Waals surface area contributed by atoms with Crippen LogP contribution in [-0.4, -0.2) is 42.1 Å². The summed E-state index contributed by atoms with van der Waals surface area (Å²) in [6.07, 6.45) is 6.09. The van der Waals surface area contributed by atoms with Gasteiger partial charge in [-0.05, 0) is 61.4 Å². The van der Waals surface area contributed by atoms with Crippen molar-refractivity contribution in [1.29, 1.82) is 0 Å². The van der Waals surface area contributed by atoms with Gasteiger partial charge in [-0.2, -0.15) is 0 Å². The van der Waals surface area contributed by atoms with Crippen molar-refractivity contribution in [2.45, 2.75) is 12.8 Å². The number of hydrogen-bond donors (Lipinski definition) is 1. The summed E-state index contributed by atoms with van der Waals surface area (Å²) in [5, 5.41) is 0.977. The Bertz CT molecular complexity index is 977. The molecule has 2 aromatic heterocycles. The van der Waals surface area contributed by atoms with Gasteiger partial charge in [-0.3, -0.25) is 0 Å². The highest BCUT2D eigenvalue weighted by Gasteiger charge is 2.16. The number of fused-ring (bicyclic) bond motifs is 1. The van der Waals surface area contributed by atoms with Crippen LogP contribution < -0.4 is 4.74 Å². The number of rotatable bonds is 3. The Morgan fingerprint density at radius 3 is 2.88 bits per heavy atom. The van der Waals surface area contributed by atoms with E-state index in [1.54, 1.807) is 19.4 Å². The molecule has 26 heavy (non-hydrogen) atoms. The molecule has 1 aliphatic rings. The summed E-state index contributed by atoms with van der Waals surface area (Å²) in [7, 11) is 3.75. The molecular formula is C21H22FN3O. The predicted molar refractivity (Wildman–Crippen MR) is 103 cm³/mol. The summed E-state index contributed by atoms with van der Waals surface area (Å²) in [4.78, 5) is 10.2. The molecule has 0 unspecified atom stereocenters. The molecular weight excluding hydrogens is 329 g/mol. The molecule has 134 valence electrons. The smallest absolute Gasteiger partial charge is 0.138 e. The maximum atomic E-state index is 13.9. The third kappa shape index (κ3) is 3.10. The standard InChI is InChI=1S/C21H22FN3O/c1-25-10-3-4-14(8-11-25)19-13-18-16(7-9-23-21(18)24-19)17-12-15(22)5-6-20(17)26-2/h4-7,9,12-13H,3,8,10-11H2,1-2H3,(H,23,24). The van der Waals surface area contributed by atoms with Gasteiger partial charge in [-0.15, -0.1) is 0 Å². The van der Waals surface area contributed by atoms with Crippen LogP contribution in [0.3, 0.4) is 0 Å². The number of nitrogens with zero attached hydrogens (tertiary/aromatic N) is 2. The molecule has 3 heterocycles. The summed E-state index contributed by atoms with van der Waals surface area (Å²) in [5.41, 5.74) is 4.86. The van der Waals surface area contributed by atoms with Crippen LogP contribution in [0.25, 0.3) is 27.7 Å². The lowest BCUT2D eigenvalue weighted by Crippen LogP contribution is -2.18. The van der Waals surface area contributed by atoms with Gasteiger partial charge in [0.2, 0.25) is 0 Å². The first-order chi connectivity index (χ1) is 12.7. The molecule has 0 spiro atoms. The number of aromatic amines is 1. The second kappa shape index (κ2) is 6.92. The molecule has 1 N–H and O–H groups in total. The Labute approximate surface area is 152 Å². The van der Waals surface area contributed by atoms with Crippen LogP contribution in [0.4, 0.5) is 4.39 Å². The van der Waals surface area contributed by atoms with E-state index in [9.17, 15) is 4.39 Å². The lowest BCUT2D eigenvalue weighted by molar-refractivity contribution is 0.355. The van der Waals surface area contributed by atoms with Crippen LogP contribution in [0, 0.1) is 5.82 Å². The summed E-state index contributed by atoms with van der Waals surface area (Å²) >= 11 is 0. The van der Waals surface area contributed by atoms with Gasteiger partial charge >= 0.3 is 0 Å². The number of halogens is 1. The van der Waals surface area contributed by atoms with E-state index in [1.165, 1.54) is 17.7 Å². The second-order valence-corrected chi connectivity index (χ2v) is 6.72. The topological polar surface area (TPSA) is 41.1 Å². The quantitative estimate of drug-likeness (QED) is 0.756. The first-order valence-corrected chi connectivity index (χ1v) is 8.85. The van der Waals surface area contributed by atoms with E-state index >= 15 is 0 Å². The van der Waals surface area contributed by atoms with Crippen molar-refractivity contribution in [3.63, 3.8) is 0 Å². The normalized spacial score (nSPS) is 15.7. The van der Waals surface area contributed by atoms with Crippen LogP contribution in [-0.2, 0) is 0 Å². The van der Waals surface area contributed by atoms with Crippen molar-refractivity contribution < 1.29 is 9.13 Å². The Morgan fingerprint density at radius 1 is 1.15 bits per heavy atom. The van der Waals surface area contributed by atoms with Crippen molar-refractivity contribution in [2.24, 2.45) is 0 Å². The van der Waals surface area contributed by atoms with Gasteiger partial charge in [0, 0.05) is 35.9 Å². The van der Waals surface area contributed by atoms with Crippen LogP contribution >= 0.6 is 0 Å². The fraction of sp³-hybridized carbons (Fsp3) is 0.286. The summed E-state index contributed by atoms with van der Waals surface area (Å²) in [6, 6.07) is 8.62. The fourth-order valence-electron chi connectivity index (χ4n) is 3.55. The van der Waals surface area contributed by atoms with E-state index < -0.39 is 0 Å². The Balaban J connectivity index is 1.82. The van der Waals surface area contributed by atoms with Crippen molar-refractivity contribution >= 4 is 16.6 Å². The van der Waals surface area contributed by atoms with Crippen molar-refractivity contribution in [2.75, 3.05) is 27.2 Å². The highest BCUT2D eigenvalue weighted by molar-refractivity contribution is 5.96. The van der Waals surface area contributed by atoms with Gasteiger partial charge in [0.05, 0.1) is 7.11 Å². The van der Waals surface area contributed by atoms with Gasteiger partial charge in [-0.25, -0.2) is 9.37 Å². The first kappa shape index (κ1) is 16.8. The zero-order valence-corrected chi connectivity index (χ0v) is 15.1. The Hall–Kier alpha value is -2.66. The van der Waals surface area contributed by atoms with E-state index in [4.69, 9.17) is 4.74 Å². The first-order valence-electron chi connectivity index (χ1n) is 8.85. The number of methoxy groups -OCH3 is 1. The van der Waals surface area contributed by atoms with Crippen molar-refractivity contribution in [3.8, 4) is 16.9 Å². The zero-order valence-electron chi connectivity index (χ0n) is 15.1. The van der Waals surface area contributed by atoms with E-state index in [-0.39, 0.29) is 5.82 Å². The minimum atomic E-state index is -0.281. The van der Waals surface area contributed by atoms with Crippen molar-refractivity contribution in [1.82, 2.24) is 14.9 Å². The lowest BCUT2D eigenvalue weighted by Gasteiger charge is -2.11. The molecule has 1 aliphatic heterocycles. The molecule has 1 aromatic carbocycles. The minimum Gasteiger partial charge on any atom is -0.496 e. The SMILES string of the molecule is COc1ccc(F)cc1-c1ccnc2[nH]c(C3=CCCN(C)CC3)cc12. The molecule has 4 nitrogen and oxygen atoms in total. The van der Waals surface area contributed by atoms with Crippen LogP contribution in [0.2, 0.25) is 0 Å². The Morgan fingerprint density at radius 2 is 2.04 bits per heavy atom. The number of aromatic nitrogens is 2. The summed E-state index contributed by atoms with van der Waals surface area (Å²) in [6.45, 7) is 2.12. The molecule has 0 saturated carbocycles. The highest BCUT2D eigenvalue weighted by Crippen LogP contribution is 2.36. The monoisotopic (exact) mass is 351 g/mol. The third-order valence-corrected chi connectivity index (χ3v) is 4.99. The molecule has 0 radical (unpaired) electrons. The van der Waals surface area contributed by atoms with E-state index in [1.807, 2.05) is 6.07 Å². The van der Waals surface area contributed by atoms with Crippen LogP contribution in [0.1, 0.15) is 18.5 Å². The van der Waals surface area contributed by atoms with Gasteiger partial charge < -0.3 is 14.6 Å². The van der Waals surface area contributed by atoms with Gasteiger partial charge in [0.15, 0.2) is 0 Å². The number of nitrogens with one attached hydrogen (secondary N) is 1. The second-order valence-electron chi connectivity index (χ2n) is 6.72. The number of H-pyrrole nitrogens is 1. The van der Waals surface area contributed by atoms with Gasteiger partial charge in [0.25, 0.3) is 0 Å². The molecule has 0 atom stereocenters. The highest BCUT2D eigenvalue weighted by atomic mass is 19.1. The molecule has 0 fully saturated rings.